The Morgan fingerprint density at radius 2 is 1.64 bits per heavy atom. The molecule has 0 spiro atoms. The zero-order chi connectivity index (χ0) is 17.4. The molecule has 4 heteroatoms. The van der Waals surface area contributed by atoms with Gasteiger partial charge in [0.25, 0.3) is 5.91 Å². The summed E-state index contributed by atoms with van der Waals surface area (Å²) in [6, 6.07) is 18.7. The van der Waals surface area contributed by atoms with Gasteiger partial charge in [-0.05, 0) is 31.6 Å². The Morgan fingerprint density at radius 1 is 0.920 bits per heavy atom. The molecule has 0 radical (unpaired) electrons. The maximum absolute atomic E-state index is 12.6. The average Bonchev–Trinajstić information content (AvgIpc) is 3.00. The van der Waals surface area contributed by atoms with Crippen LogP contribution in [-0.4, -0.2) is 38.0 Å². The van der Waals surface area contributed by atoms with E-state index in [9.17, 15) is 4.79 Å². The van der Waals surface area contributed by atoms with Gasteiger partial charge in [0.1, 0.15) is 0 Å². The van der Waals surface area contributed by atoms with Crippen molar-refractivity contribution >= 4 is 48.2 Å². The maximum atomic E-state index is 12.6. The van der Waals surface area contributed by atoms with Crippen LogP contribution in [0.2, 0.25) is 0 Å². The smallest absolute Gasteiger partial charge is 0.251 e. The van der Waals surface area contributed by atoms with Crippen molar-refractivity contribution in [1.29, 1.82) is 0 Å². The molecule has 0 bridgehead atoms. The highest BCUT2D eigenvalue weighted by atomic mass is 32.1. The lowest BCUT2D eigenvalue weighted by molar-refractivity contribution is 0.0952. The molecule has 1 amide bonds. The van der Waals surface area contributed by atoms with Crippen molar-refractivity contribution < 1.29 is 4.79 Å². The van der Waals surface area contributed by atoms with Crippen LogP contribution in [-0.2, 0) is 0 Å². The van der Waals surface area contributed by atoms with Crippen LogP contribution in [0.1, 0.15) is 10.4 Å². The molecule has 0 aliphatic heterocycles. The second kappa shape index (κ2) is 6.47. The average molecular weight is 348 g/mol. The molecule has 0 fully saturated rings. The first-order valence-corrected chi connectivity index (χ1v) is 9.23. The number of likely N-dealkylation sites (N-methyl/N-ethyl adjacent to an activating group) is 1. The van der Waals surface area contributed by atoms with E-state index in [1.165, 1.54) is 20.2 Å². The third-order valence-corrected chi connectivity index (χ3v) is 5.71. The van der Waals surface area contributed by atoms with Crippen molar-refractivity contribution in [3.63, 3.8) is 0 Å². The second-order valence-electron chi connectivity index (χ2n) is 6.50. The summed E-state index contributed by atoms with van der Waals surface area (Å²) in [6.07, 6.45) is 0. The first-order valence-electron chi connectivity index (χ1n) is 8.41. The van der Waals surface area contributed by atoms with Gasteiger partial charge in [-0.1, -0.05) is 42.5 Å². The lowest BCUT2D eigenvalue weighted by atomic mass is 10.0. The van der Waals surface area contributed by atoms with E-state index in [0.717, 1.165) is 22.9 Å². The first-order chi connectivity index (χ1) is 12.1. The van der Waals surface area contributed by atoms with Crippen LogP contribution in [0.25, 0.3) is 30.9 Å². The number of nitrogens with one attached hydrogen (secondary N) is 1. The minimum atomic E-state index is -0.00656. The highest BCUT2D eigenvalue weighted by molar-refractivity contribution is 7.26. The van der Waals surface area contributed by atoms with E-state index in [-0.39, 0.29) is 5.91 Å². The molecule has 3 aromatic carbocycles. The number of carbonyl (C=O) groups excluding carboxylic acids is 1. The van der Waals surface area contributed by atoms with Crippen LogP contribution in [0.5, 0.6) is 0 Å². The summed E-state index contributed by atoms with van der Waals surface area (Å²) in [5.41, 5.74) is 0.746. The fraction of sp³-hybridized carbons (Fsp3) is 0.190. The zero-order valence-corrected chi connectivity index (χ0v) is 15.2. The molecular formula is C21H20N2OS. The van der Waals surface area contributed by atoms with Crippen molar-refractivity contribution in [3.05, 3.63) is 60.2 Å². The minimum Gasteiger partial charge on any atom is -0.351 e. The summed E-state index contributed by atoms with van der Waals surface area (Å²) in [6.45, 7) is 1.48. The van der Waals surface area contributed by atoms with Gasteiger partial charge in [-0.15, -0.1) is 11.3 Å². The standard InChI is InChI=1S/C21H20N2OS/c1-23(2)13-12-22-21(24)18-8-5-7-16-14(18)10-11-17-15-6-3-4-9-19(15)25-20(16)17/h3-11H,12-13H2,1-2H3,(H,22,24). The van der Waals surface area contributed by atoms with Gasteiger partial charge in [-0.25, -0.2) is 0 Å². The van der Waals surface area contributed by atoms with Gasteiger partial charge >= 0.3 is 0 Å². The molecule has 126 valence electrons. The molecule has 0 aliphatic rings. The van der Waals surface area contributed by atoms with Gasteiger partial charge in [0.15, 0.2) is 0 Å². The van der Waals surface area contributed by atoms with E-state index in [1.807, 2.05) is 26.2 Å². The number of thiophene rings is 1. The van der Waals surface area contributed by atoms with Gasteiger partial charge < -0.3 is 10.2 Å². The molecule has 3 nitrogen and oxygen atoms in total. The number of amides is 1. The van der Waals surface area contributed by atoms with Crippen molar-refractivity contribution in [2.24, 2.45) is 0 Å². The predicted molar refractivity (Wildman–Crippen MR) is 108 cm³/mol. The Labute approximate surface area is 150 Å². The molecule has 0 saturated heterocycles. The number of benzene rings is 3. The van der Waals surface area contributed by atoms with E-state index in [4.69, 9.17) is 0 Å². The molecule has 1 aromatic heterocycles. The number of hydrogen-bond acceptors (Lipinski definition) is 3. The Bertz CT molecular complexity index is 1080. The molecule has 25 heavy (non-hydrogen) atoms. The number of nitrogens with zero attached hydrogens (tertiary/aromatic N) is 1. The van der Waals surface area contributed by atoms with Crippen LogP contribution in [0.15, 0.2) is 54.6 Å². The van der Waals surface area contributed by atoms with E-state index in [0.29, 0.717) is 6.54 Å². The summed E-state index contributed by atoms with van der Waals surface area (Å²) in [7, 11) is 4.00. The SMILES string of the molecule is CN(C)CCNC(=O)c1cccc2c1ccc1c3ccccc3sc21. The largest absolute Gasteiger partial charge is 0.351 e. The monoisotopic (exact) mass is 348 g/mol. The van der Waals surface area contributed by atoms with Crippen LogP contribution >= 0.6 is 11.3 Å². The molecule has 0 unspecified atom stereocenters. The molecule has 1 N–H and O–H groups in total. The van der Waals surface area contributed by atoms with Gasteiger partial charge in [0, 0.05) is 44.2 Å². The number of rotatable bonds is 4. The quantitative estimate of drug-likeness (QED) is 0.589. The van der Waals surface area contributed by atoms with Gasteiger partial charge in [-0.3, -0.25) is 4.79 Å². The molecular weight excluding hydrogens is 328 g/mol. The van der Waals surface area contributed by atoms with Crippen LogP contribution < -0.4 is 5.32 Å². The summed E-state index contributed by atoms with van der Waals surface area (Å²) in [5, 5.41) is 7.73. The first kappa shape index (κ1) is 16.1. The van der Waals surface area contributed by atoms with E-state index < -0.39 is 0 Å². The summed E-state index contributed by atoms with van der Waals surface area (Å²) in [5.74, 6) is -0.00656. The second-order valence-corrected chi connectivity index (χ2v) is 7.55. The molecule has 4 aromatic rings. The minimum absolute atomic E-state index is 0.00656. The Balaban J connectivity index is 1.82. The van der Waals surface area contributed by atoms with E-state index in [1.54, 1.807) is 11.3 Å². The van der Waals surface area contributed by atoms with E-state index in [2.05, 4.69) is 52.7 Å². The normalized spacial score (nSPS) is 11.6. The third-order valence-electron chi connectivity index (χ3n) is 4.49. The van der Waals surface area contributed by atoms with Gasteiger partial charge in [0.05, 0.1) is 0 Å². The Hall–Kier alpha value is -2.43. The fourth-order valence-electron chi connectivity index (χ4n) is 3.23. The molecule has 1 heterocycles. The molecule has 0 saturated carbocycles. The topological polar surface area (TPSA) is 32.3 Å². The van der Waals surface area contributed by atoms with Crippen LogP contribution in [0.4, 0.5) is 0 Å². The molecule has 0 atom stereocenters. The molecule has 0 aliphatic carbocycles. The van der Waals surface area contributed by atoms with Crippen molar-refractivity contribution in [1.82, 2.24) is 10.2 Å². The zero-order valence-electron chi connectivity index (χ0n) is 14.4. The Morgan fingerprint density at radius 3 is 2.48 bits per heavy atom. The highest BCUT2D eigenvalue weighted by Crippen LogP contribution is 2.38. The number of carbonyl (C=O) groups is 1. The number of hydrogen-bond donors (Lipinski definition) is 1. The lowest BCUT2D eigenvalue weighted by Gasteiger charge is -2.12. The molecule has 4 rings (SSSR count). The van der Waals surface area contributed by atoms with E-state index >= 15 is 0 Å². The lowest BCUT2D eigenvalue weighted by Crippen LogP contribution is -2.31. The predicted octanol–water partition coefficient (Wildman–Crippen LogP) is 4.50. The Kier molecular flexibility index (Phi) is 4.15. The highest BCUT2D eigenvalue weighted by Gasteiger charge is 2.13. The third kappa shape index (κ3) is 2.88. The van der Waals surface area contributed by atoms with Gasteiger partial charge in [0.2, 0.25) is 0 Å². The van der Waals surface area contributed by atoms with Crippen molar-refractivity contribution in [2.75, 3.05) is 27.2 Å². The fourth-order valence-corrected chi connectivity index (χ4v) is 4.46. The maximum Gasteiger partial charge on any atom is 0.251 e. The summed E-state index contributed by atoms with van der Waals surface area (Å²) in [4.78, 5) is 14.7. The summed E-state index contributed by atoms with van der Waals surface area (Å²) < 4.78 is 2.53. The van der Waals surface area contributed by atoms with Crippen molar-refractivity contribution in [3.8, 4) is 0 Å². The summed E-state index contributed by atoms with van der Waals surface area (Å²) >= 11 is 1.79. The van der Waals surface area contributed by atoms with Crippen LogP contribution in [0, 0.1) is 0 Å². The van der Waals surface area contributed by atoms with Crippen LogP contribution in [0.3, 0.4) is 0 Å². The number of fused-ring (bicyclic) bond motifs is 5. The van der Waals surface area contributed by atoms with Gasteiger partial charge in [-0.2, -0.15) is 0 Å². The van der Waals surface area contributed by atoms with Crippen molar-refractivity contribution in [2.45, 2.75) is 0 Å².